The maximum atomic E-state index is 4.44. The fraction of sp³-hybridized carbons (Fsp3) is 0.125. The Morgan fingerprint density at radius 1 is 1.40 bits per heavy atom. The zero-order chi connectivity index (χ0) is 7.82. The first-order valence-electron chi connectivity index (χ1n) is 2.86. The van der Waals surface area contributed by atoms with Crippen LogP contribution >= 0.6 is 0 Å². The number of oxime groups is 1. The van der Waals surface area contributed by atoms with Crippen LogP contribution in [0.3, 0.4) is 0 Å². The molecule has 0 aliphatic rings. The van der Waals surface area contributed by atoms with Gasteiger partial charge in [0.25, 0.3) is 0 Å². The minimum atomic E-state index is 0.917. The van der Waals surface area contributed by atoms with Crippen LogP contribution in [0.4, 0.5) is 0 Å². The van der Waals surface area contributed by atoms with Crippen molar-refractivity contribution in [3.63, 3.8) is 0 Å². The number of hydrogen-bond donors (Lipinski definition) is 0. The third-order valence-corrected chi connectivity index (χ3v) is 0.905. The molecule has 0 aliphatic heterocycles. The molecule has 0 aromatic rings. The Morgan fingerprint density at radius 3 is 2.40 bits per heavy atom. The van der Waals surface area contributed by atoms with E-state index in [2.05, 4.69) is 23.2 Å². The van der Waals surface area contributed by atoms with Gasteiger partial charge in [0, 0.05) is 0 Å². The first kappa shape index (κ1) is 8.69. The van der Waals surface area contributed by atoms with Gasteiger partial charge in [0.1, 0.15) is 7.11 Å². The van der Waals surface area contributed by atoms with Crippen LogP contribution in [0.2, 0.25) is 0 Å². The summed E-state index contributed by atoms with van der Waals surface area (Å²) in [5, 5.41) is 3.51. The Hall–Kier alpha value is -1.31. The van der Waals surface area contributed by atoms with Crippen molar-refractivity contribution in [3.8, 4) is 0 Å². The lowest BCUT2D eigenvalue weighted by Gasteiger charge is -1.85. The lowest BCUT2D eigenvalue weighted by molar-refractivity contribution is 0.215. The second-order valence-electron chi connectivity index (χ2n) is 1.51. The normalized spacial score (nSPS) is 8.90. The molecule has 0 saturated heterocycles. The summed E-state index contributed by atoms with van der Waals surface area (Å²) in [5.41, 5.74) is 0.917. The van der Waals surface area contributed by atoms with E-state index in [0.717, 1.165) is 5.57 Å². The molecule has 10 heavy (non-hydrogen) atoms. The number of nitrogens with zero attached hydrogens (tertiary/aromatic N) is 1. The van der Waals surface area contributed by atoms with E-state index >= 15 is 0 Å². The van der Waals surface area contributed by atoms with Gasteiger partial charge in [-0.05, 0) is 11.6 Å². The molecule has 0 rings (SSSR count). The molecule has 0 spiro atoms. The van der Waals surface area contributed by atoms with Crippen molar-refractivity contribution >= 4 is 6.21 Å². The topological polar surface area (TPSA) is 21.6 Å². The Bertz CT molecular complexity index is 158. The predicted molar refractivity (Wildman–Crippen MR) is 44.0 cm³/mol. The largest absolute Gasteiger partial charge is 0.399 e. The van der Waals surface area contributed by atoms with Crippen molar-refractivity contribution < 1.29 is 4.84 Å². The lowest BCUT2D eigenvalue weighted by Crippen LogP contribution is -1.73. The molecule has 0 radical (unpaired) electrons. The number of hydrogen-bond acceptors (Lipinski definition) is 2. The third kappa shape index (κ3) is 3.66. The van der Waals surface area contributed by atoms with Crippen LogP contribution < -0.4 is 0 Å². The lowest BCUT2D eigenvalue weighted by atomic mass is 10.2. The van der Waals surface area contributed by atoms with E-state index in [9.17, 15) is 0 Å². The van der Waals surface area contributed by atoms with Gasteiger partial charge in [0.15, 0.2) is 0 Å². The Labute approximate surface area is 61.2 Å². The summed E-state index contributed by atoms with van der Waals surface area (Å²) in [6, 6.07) is 0. The van der Waals surface area contributed by atoms with Gasteiger partial charge in [-0.15, -0.1) is 0 Å². The minimum Gasteiger partial charge on any atom is -0.399 e. The van der Waals surface area contributed by atoms with Gasteiger partial charge in [0.2, 0.25) is 0 Å². The van der Waals surface area contributed by atoms with Crippen molar-refractivity contribution in [2.45, 2.75) is 0 Å². The summed E-state index contributed by atoms with van der Waals surface area (Å²) in [7, 11) is 1.49. The van der Waals surface area contributed by atoms with Gasteiger partial charge >= 0.3 is 0 Å². The molecule has 0 N–H and O–H groups in total. The molecule has 0 unspecified atom stereocenters. The highest BCUT2D eigenvalue weighted by molar-refractivity contribution is 5.73. The van der Waals surface area contributed by atoms with E-state index in [0.29, 0.717) is 0 Å². The summed E-state index contributed by atoms with van der Waals surface area (Å²) in [6.45, 7) is 7.14. The molecule has 0 atom stereocenters. The van der Waals surface area contributed by atoms with Crippen molar-refractivity contribution in [2.24, 2.45) is 5.16 Å². The van der Waals surface area contributed by atoms with E-state index in [1.165, 1.54) is 7.11 Å². The first-order valence-corrected chi connectivity index (χ1v) is 2.86. The Balaban J connectivity index is 3.98. The summed E-state index contributed by atoms with van der Waals surface area (Å²) >= 11 is 0. The average Bonchev–Trinajstić information content (AvgIpc) is 1.99. The molecule has 0 fully saturated rings. The highest BCUT2D eigenvalue weighted by Crippen LogP contribution is 1.93. The van der Waals surface area contributed by atoms with Crippen LogP contribution in [0.5, 0.6) is 0 Å². The minimum absolute atomic E-state index is 0.917. The summed E-state index contributed by atoms with van der Waals surface area (Å²) in [5.74, 6) is 0. The van der Waals surface area contributed by atoms with Crippen LogP contribution in [0, 0.1) is 0 Å². The standard InChI is InChI=1S/C8H11NO/c1-4-8(5-2)6-7-9-10-3/h4-7H,1-2H2,3H3/b9-7+. The van der Waals surface area contributed by atoms with Crippen LogP contribution in [-0.4, -0.2) is 13.3 Å². The molecule has 0 saturated carbocycles. The quantitative estimate of drug-likeness (QED) is 0.329. The van der Waals surface area contributed by atoms with Crippen molar-refractivity contribution in [2.75, 3.05) is 7.11 Å². The summed E-state index contributed by atoms with van der Waals surface area (Å²) in [6.07, 6.45) is 6.67. The zero-order valence-corrected chi connectivity index (χ0v) is 6.08. The molecular weight excluding hydrogens is 126 g/mol. The van der Waals surface area contributed by atoms with Gasteiger partial charge in [-0.1, -0.05) is 30.5 Å². The third-order valence-electron chi connectivity index (χ3n) is 0.905. The molecule has 0 bridgehead atoms. The SMILES string of the molecule is C=CC(C=C)=C/C=N/OC. The first-order chi connectivity index (χ1) is 4.85. The molecule has 2 heteroatoms. The van der Waals surface area contributed by atoms with Gasteiger partial charge in [-0.2, -0.15) is 0 Å². The molecule has 54 valence electrons. The fourth-order valence-corrected chi connectivity index (χ4v) is 0.397. The van der Waals surface area contributed by atoms with E-state index < -0.39 is 0 Å². The molecule has 0 heterocycles. The highest BCUT2D eigenvalue weighted by atomic mass is 16.6. The van der Waals surface area contributed by atoms with Crippen LogP contribution in [-0.2, 0) is 4.84 Å². The van der Waals surface area contributed by atoms with E-state index in [1.807, 2.05) is 0 Å². The predicted octanol–water partition coefficient (Wildman–Crippen LogP) is 1.92. The second kappa shape index (κ2) is 5.82. The molecule has 0 aromatic carbocycles. The maximum absolute atomic E-state index is 4.44. The molecule has 0 amide bonds. The van der Waals surface area contributed by atoms with E-state index in [4.69, 9.17) is 0 Å². The van der Waals surface area contributed by atoms with Gasteiger partial charge in [0.05, 0.1) is 6.21 Å². The summed E-state index contributed by atoms with van der Waals surface area (Å²) < 4.78 is 0. The number of rotatable bonds is 4. The smallest absolute Gasteiger partial charge is 0.106 e. The maximum Gasteiger partial charge on any atom is 0.106 e. The van der Waals surface area contributed by atoms with Crippen LogP contribution in [0.15, 0.2) is 42.1 Å². The van der Waals surface area contributed by atoms with Crippen molar-refractivity contribution in [1.29, 1.82) is 0 Å². The second-order valence-corrected chi connectivity index (χ2v) is 1.51. The van der Waals surface area contributed by atoms with E-state index in [-0.39, 0.29) is 0 Å². The van der Waals surface area contributed by atoms with E-state index in [1.54, 1.807) is 24.4 Å². The molecule has 0 aliphatic carbocycles. The van der Waals surface area contributed by atoms with Crippen molar-refractivity contribution in [1.82, 2.24) is 0 Å². The van der Waals surface area contributed by atoms with Crippen LogP contribution in [0.25, 0.3) is 0 Å². The molecule has 0 aromatic heterocycles. The zero-order valence-electron chi connectivity index (χ0n) is 6.08. The Morgan fingerprint density at radius 2 is 2.00 bits per heavy atom. The Kier molecular flexibility index (Phi) is 5.06. The monoisotopic (exact) mass is 137 g/mol. The van der Waals surface area contributed by atoms with Crippen molar-refractivity contribution in [3.05, 3.63) is 37.0 Å². The number of allylic oxidation sites excluding steroid dienone is 4. The highest BCUT2D eigenvalue weighted by Gasteiger charge is 1.76. The van der Waals surface area contributed by atoms with Gasteiger partial charge in [-0.3, -0.25) is 0 Å². The summed E-state index contributed by atoms with van der Waals surface area (Å²) in [4.78, 5) is 4.44. The van der Waals surface area contributed by atoms with Gasteiger partial charge in [-0.25, -0.2) is 0 Å². The van der Waals surface area contributed by atoms with Crippen LogP contribution in [0.1, 0.15) is 0 Å². The van der Waals surface area contributed by atoms with Gasteiger partial charge < -0.3 is 4.84 Å². The molecule has 2 nitrogen and oxygen atoms in total. The molecular formula is C8H11NO. The fourth-order valence-electron chi connectivity index (χ4n) is 0.397. The average molecular weight is 137 g/mol.